The number of rotatable bonds is 5. The fraction of sp³-hybridized carbons (Fsp3) is 0.267. The summed E-state index contributed by atoms with van der Waals surface area (Å²) in [5.74, 6) is 0.818. The molecule has 1 aromatic heterocycles. The lowest BCUT2D eigenvalue weighted by atomic mass is 10.1. The van der Waals surface area contributed by atoms with Crippen molar-refractivity contribution in [3.8, 4) is 5.75 Å². The van der Waals surface area contributed by atoms with E-state index in [4.69, 9.17) is 27.9 Å². The number of hydrogen-bond acceptors (Lipinski definition) is 5. The van der Waals surface area contributed by atoms with E-state index in [0.717, 1.165) is 0 Å². The third-order valence-electron chi connectivity index (χ3n) is 2.96. The average molecular weight is 355 g/mol. The van der Waals surface area contributed by atoms with Crippen LogP contribution in [0.1, 0.15) is 31.0 Å². The van der Waals surface area contributed by atoms with Gasteiger partial charge in [0.25, 0.3) is 5.56 Å². The number of anilines is 1. The van der Waals surface area contributed by atoms with Gasteiger partial charge in [0.05, 0.1) is 29.1 Å². The Kier molecular flexibility index (Phi) is 5.63. The highest BCUT2D eigenvalue weighted by Gasteiger charge is 2.08. The Morgan fingerprint density at radius 3 is 2.52 bits per heavy atom. The highest BCUT2D eigenvalue weighted by molar-refractivity contribution is 6.37. The molecule has 0 aliphatic rings. The molecular weight excluding hydrogens is 339 g/mol. The van der Waals surface area contributed by atoms with E-state index < -0.39 is 0 Å². The SMILES string of the molecule is COc1c(Cl)cc(/C=N\Nc2nc(C(C)C)cc(=O)[nH]2)cc1Cl. The van der Waals surface area contributed by atoms with Gasteiger partial charge in [0.1, 0.15) is 0 Å². The third kappa shape index (κ3) is 4.46. The zero-order chi connectivity index (χ0) is 17.0. The zero-order valence-electron chi connectivity index (χ0n) is 12.9. The maximum absolute atomic E-state index is 11.6. The van der Waals surface area contributed by atoms with Crippen LogP contribution in [0.2, 0.25) is 10.0 Å². The summed E-state index contributed by atoms with van der Waals surface area (Å²) in [7, 11) is 1.49. The maximum atomic E-state index is 11.6. The zero-order valence-corrected chi connectivity index (χ0v) is 14.4. The summed E-state index contributed by atoms with van der Waals surface area (Å²) >= 11 is 12.1. The van der Waals surface area contributed by atoms with Crippen LogP contribution in [-0.4, -0.2) is 23.3 Å². The van der Waals surface area contributed by atoms with E-state index in [1.165, 1.54) is 19.4 Å². The number of H-pyrrole nitrogens is 1. The number of hydrazone groups is 1. The lowest BCUT2D eigenvalue weighted by Crippen LogP contribution is -2.12. The van der Waals surface area contributed by atoms with Crippen LogP contribution >= 0.6 is 23.2 Å². The summed E-state index contributed by atoms with van der Waals surface area (Å²) in [5, 5.41) is 4.79. The number of aromatic nitrogens is 2. The van der Waals surface area contributed by atoms with E-state index in [1.54, 1.807) is 12.1 Å². The van der Waals surface area contributed by atoms with Crippen LogP contribution in [0.25, 0.3) is 0 Å². The third-order valence-corrected chi connectivity index (χ3v) is 3.52. The number of nitrogens with zero attached hydrogens (tertiary/aromatic N) is 2. The second-order valence-electron chi connectivity index (χ2n) is 5.06. The predicted molar refractivity (Wildman–Crippen MR) is 93.2 cm³/mol. The van der Waals surface area contributed by atoms with Crippen LogP contribution in [-0.2, 0) is 0 Å². The molecule has 0 radical (unpaired) electrons. The molecule has 0 aliphatic heterocycles. The number of benzene rings is 1. The Hall–Kier alpha value is -2.05. The number of aromatic amines is 1. The first-order chi connectivity index (χ1) is 10.9. The topological polar surface area (TPSA) is 79.4 Å². The van der Waals surface area contributed by atoms with Gasteiger partial charge in [0.15, 0.2) is 5.75 Å². The van der Waals surface area contributed by atoms with Crippen LogP contribution in [0.4, 0.5) is 5.95 Å². The van der Waals surface area contributed by atoms with Crippen molar-refractivity contribution in [2.45, 2.75) is 19.8 Å². The minimum atomic E-state index is -0.239. The van der Waals surface area contributed by atoms with E-state index in [-0.39, 0.29) is 17.4 Å². The fourth-order valence-electron chi connectivity index (χ4n) is 1.84. The molecule has 2 N–H and O–H groups in total. The highest BCUT2D eigenvalue weighted by atomic mass is 35.5. The van der Waals surface area contributed by atoms with Crippen molar-refractivity contribution in [2.75, 3.05) is 12.5 Å². The van der Waals surface area contributed by atoms with Crippen molar-refractivity contribution in [1.29, 1.82) is 0 Å². The van der Waals surface area contributed by atoms with Gasteiger partial charge in [-0.15, -0.1) is 0 Å². The molecule has 0 fully saturated rings. The molecule has 1 aromatic carbocycles. The van der Waals surface area contributed by atoms with Crippen molar-refractivity contribution in [3.05, 3.63) is 49.9 Å². The first-order valence-corrected chi connectivity index (χ1v) is 7.59. The summed E-state index contributed by atoms with van der Waals surface area (Å²) in [6.07, 6.45) is 1.51. The largest absolute Gasteiger partial charge is 0.494 e. The molecular formula is C15H16Cl2N4O2. The summed E-state index contributed by atoms with van der Waals surface area (Å²) in [6.45, 7) is 3.91. The fourth-order valence-corrected chi connectivity index (χ4v) is 2.50. The van der Waals surface area contributed by atoms with E-state index >= 15 is 0 Å². The summed E-state index contributed by atoms with van der Waals surface area (Å²) in [6, 6.07) is 4.79. The van der Waals surface area contributed by atoms with Crippen molar-refractivity contribution >= 4 is 35.4 Å². The van der Waals surface area contributed by atoms with Gasteiger partial charge in [-0.1, -0.05) is 37.0 Å². The van der Waals surface area contributed by atoms with Crippen LogP contribution in [0.15, 0.2) is 28.1 Å². The molecule has 8 heteroatoms. The summed E-state index contributed by atoms with van der Waals surface area (Å²) < 4.78 is 5.08. The van der Waals surface area contributed by atoms with E-state index in [2.05, 4.69) is 20.5 Å². The Morgan fingerprint density at radius 2 is 1.96 bits per heavy atom. The molecule has 0 amide bonds. The van der Waals surface area contributed by atoms with Crippen LogP contribution in [0.5, 0.6) is 5.75 Å². The van der Waals surface area contributed by atoms with E-state index in [1.807, 2.05) is 13.8 Å². The van der Waals surface area contributed by atoms with Gasteiger partial charge >= 0.3 is 0 Å². The molecule has 0 aliphatic carbocycles. The normalized spacial score (nSPS) is 11.2. The Labute approximate surface area is 143 Å². The van der Waals surface area contributed by atoms with Crippen LogP contribution < -0.4 is 15.7 Å². The minimum Gasteiger partial charge on any atom is -0.494 e. The lowest BCUT2D eigenvalue weighted by molar-refractivity contribution is 0.415. The van der Waals surface area contributed by atoms with Crippen molar-refractivity contribution in [2.24, 2.45) is 5.10 Å². The van der Waals surface area contributed by atoms with Gasteiger partial charge in [0.2, 0.25) is 5.95 Å². The number of ether oxygens (including phenoxy) is 1. The quantitative estimate of drug-likeness (QED) is 0.634. The molecule has 0 unspecified atom stereocenters. The number of hydrogen-bond donors (Lipinski definition) is 2. The van der Waals surface area contributed by atoms with Gasteiger partial charge in [-0.25, -0.2) is 10.4 Å². The van der Waals surface area contributed by atoms with Crippen molar-refractivity contribution in [3.63, 3.8) is 0 Å². The Bertz CT molecular complexity index is 764. The summed E-state index contributed by atoms with van der Waals surface area (Å²) in [4.78, 5) is 18.4. The molecule has 1 heterocycles. The molecule has 0 saturated carbocycles. The van der Waals surface area contributed by atoms with Crippen molar-refractivity contribution < 1.29 is 4.74 Å². The predicted octanol–water partition coefficient (Wildman–Crippen LogP) is 3.65. The maximum Gasteiger partial charge on any atom is 0.252 e. The molecule has 23 heavy (non-hydrogen) atoms. The lowest BCUT2D eigenvalue weighted by Gasteiger charge is -2.07. The van der Waals surface area contributed by atoms with Crippen molar-refractivity contribution in [1.82, 2.24) is 9.97 Å². The van der Waals surface area contributed by atoms with Gasteiger partial charge < -0.3 is 4.74 Å². The number of methoxy groups -OCH3 is 1. The number of nitrogens with one attached hydrogen (secondary N) is 2. The number of halogens is 2. The molecule has 0 spiro atoms. The second-order valence-corrected chi connectivity index (χ2v) is 5.88. The van der Waals surface area contributed by atoms with Gasteiger partial charge in [-0.3, -0.25) is 9.78 Å². The summed E-state index contributed by atoms with van der Waals surface area (Å²) in [5.41, 5.74) is 3.80. The standard InChI is InChI=1S/C15H16Cl2N4O2/c1-8(2)12-6-13(22)20-15(19-12)21-18-7-9-4-10(16)14(23-3)11(17)5-9/h4-8H,1-3H3,(H2,19,20,21,22)/b18-7-. The van der Waals surface area contributed by atoms with Gasteiger partial charge in [-0.05, 0) is 23.6 Å². The molecule has 6 nitrogen and oxygen atoms in total. The Morgan fingerprint density at radius 1 is 1.30 bits per heavy atom. The monoisotopic (exact) mass is 354 g/mol. The molecule has 0 atom stereocenters. The molecule has 2 aromatic rings. The smallest absolute Gasteiger partial charge is 0.252 e. The molecule has 122 valence electrons. The first kappa shape index (κ1) is 17.3. The molecule has 0 bridgehead atoms. The Balaban J connectivity index is 2.18. The molecule has 0 saturated heterocycles. The van der Waals surface area contributed by atoms with Crippen LogP contribution in [0, 0.1) is 0 Å². The first-order valence-electron chi connectivity index (χ1n) is 6.84. The average Bonchev–Trinajstić information content (AvgIpc) is 2.46. The van der Waals surface area contributed by atoms with Gasteiger partial charge in [-0.2, -0.15) is 5.10 Å². The van der Waals surface area contributed by atoms with Crippen LogP contribution in [0.3, 0.4) is 0 Å². The van der Waals surface area contributed by atoms with E-state index in [0.29, 0.717) is 27.1 Å². The van der Waals surface area contributed by atoms with E-state index in [9.17, 15) is 4.79 Å². The molecule has 2 rings (SSSR count). The minimum absolute atomic E-state index is 0.140. The second kappa shape index (κ2) is 7.48. The van der Waals surface area contributed by atoms with Gasteiger partial charge in [0, 0.05) is 6.07 Å². The highest BCUT2D eigenvalue weighted by Crippen LogP contribution is 2.33.